The van der Waals surface area contributed by atoms with Gasteiger partial charge in [-0.25, -0.2) is 18.8 Å². The van der Waals surface area contributed by atoms with Crippen molar-refractivity contribution in [2.24, 2.45) is 4.99 Å². The van der Waals surface area contributed by atoms with Crippen LogP contribution >= 0.6 is 35.3 Å². The average Bonchev–Trinajstić information content (AvgIpc) is 3.20. The van der Waals surface area contributed by atoms with Crippen molar-refractivity contribution >= 4 is 47.0 Å². The highest BCUT2D eigenvalue weighted by molar-refractivity contribution is 14.0. The predicted molar refractivity (Wildman–Crippen MR) is 122 cm³/mol. The van der Waals surface area contributed by atoms with Crippen LogP contribution in [-0.4, -0.2) is 36.6 Å². The van der Waals surface area contributed by atoms with Gasteiger partial charge in [-0.05, 0) is 39.3 Å². The highest BCUT2D eigenvalue weighted by Gasteiger charge is 2.27. The summed E-state index contributed by atoms with van der Waals surface area (Å²) in [5.74, 6) is -0.347. The number of hydrogen-bond donors (Lipinski definition) is 2. The topological polar surface area (TPSA) is 52.6 Å². The molecule has 1 aromatic carbocycles. The summed E-state index contributed by atoms with van der Waals surface area (Å²) in [6, 6.07) is 4.05. The van der Waals surface area contributed by atoms with Crippen LogP contribution in [0.5, 0.6) is 0 Å². The molecule has 0 radical (unpaired) electrons. The Hall–Kier alpha value is -1.49. The van der Waals surface area contributed by atoms with Crippen LogP contribution in [0.1, 0.15) is 28.9 Å². The van der Waals surface area contributed by atoms with Crippen molar-refractivity contribution in [1.82, 2.24) is 15.6 Å². The van der Waals surface area contributed by atoms with E-state index >= 15 is 0 Å². The van der Waals surface area contributed by atoms with E-state index in [1.807, 2.05) is 13.8 Å². The summed E-state index contributed by atoms with van der Waals surface area (Å²) in [5, 5.41) is 7.58. The summed E-state index contributed by atoms with van der Waals surface area (Å²) in [5.41, 5.74) is 1.10. The fourth-order valence-electron chi connectivity index (χ4n) is 3.14. The Labute approximate surface area is 185 Å². The molecule has 3 rings (SSSR count). The third-order valence-corrected chi connectivity index (χ3v) is 5.63. The van der Waals surface area contributed by atoms with E-state index in [2.05, 4.69) is 27.5 Å². The van der Waals surface area contributed by atoms with Gasteiger partial charge in [0.2, 0.25) is 0 Å². The molecule has 9 heteroatoms. The van der Waals surface area contributed by atoms with E-state index in [0.717, 1.165) is 23.7 Å². The molecular formula is C19H26F2IN5S. The largest absolute Gasteiger partial charge is 0.365 e. The fourth-order valence-corrected chi connectivity index (χ4v) is 4.00. The summed E-state index contributed by atoms with van der Waals surface area (Å²) in [7, 11) is 0. The minimum Gasteiger partial charge on any atom is -0.365 e. The van der Waals surface area contributed by atoms with E-state index in [-0.39, 0.29) is 35.7 Å². The van der Waals surface area contributed by atoms with Gasteiger partial charge in [-0.3, -0.25) is 0 Å². The van der Waals surface area contributed by atoms with Crippen molar-refractivity contribution in [3.8, 4) is 0 Å². The molecule has 0 spiro atoms. The van der Waals surface area contributed by atoms with E-state index in [0.29, 0.717) is 25.6 Å². The zero-order valence-electron chi connectivity index (χ0n) is 16.3. The zero-order chi connectivity index (χ0) is 19.4. The van der Waals surface area contributed by atoms with Crippen molar-refractivity contribution in [2.75, 3.05) is 24.5 Å². The predicted octanol–water partition coefficient (Wildman–Crippen LogP) is 3.99. The number of halogens is 3. The van der Waals surface area contributed by atoms with Crippen molar-refractivity contribution in [3.63, 3.8) is 0 Å². The van der Waals surface area contributed by atoms with E-state index in [4.69, 9.17) is 0 Å². The molecule has 0 saturated carbocycles. The van der Waals surface area contributed by atoms with Crippen LogP contribution in [0.4, 0.5) is 14.5 Å². The van der Waals surface area contributed by atoms with Gasteiger partial charge in [0.1, 0.15) is 22.3 Å². The molecule has 5 nitrogen and oxygen atoms in total. The van der Waals surface area contributed by atoms with Gasteiger partial charge < -0.3 is 15.5 Å². The quantitative estimate of drug-likeness (QED) is 0.355. The lowest BCUT2D eigenvalue weighted by Crippen LogP contribution is -2.44. The number of aliphatic imine (C=N–C) groups is 1. The first-order chi connectivity index (χ1) is 13.0. The zero-order valence-corrected chi connectivity index (χ0v) is 19.4. The minimum atomic E-state index is -0.522. The molecule has 1 aliphatic rings. The number of anilines is 1. The molecule has 1 atom stereocenters. The van der Waals surface area contributed by atoms with Crippen LogP contribution in [0.2, 0.25) is 0 Å². The number of rotatable bonds is 5. The maximum atomic E-state index is 14.0. The standard InChI is InChI=1S/C19H25F2N5S.HI/c1-4-22-19(23-10-17-24-12(2)13(3)27-17)25-14-8-9-26(11-14)18-15(20)6-5-7-16(18)21;/h5-7,14H,4,8-11H2,1-3H3,(H2,22,23,25);1H. The Morgan fingerprint density at radius 3 is 2.64 bits per heavy atom. The summed E-state index contributed by atoms with van der Waals surface area (Å²) in [4.78, 5) is 12.1. The van der Waals surface area contributed by atoms with E-state index in [9.17, 15) is 8.78 Å². The number of para-hydroxylation sites is 1. The van der Waals surface area contributed by atoms with Crippen LogP contribution < -0.4 is 15.5 Å². The van der Waals surface area contributed by atoms with Crippen LogP contribution in [0.15, 0.2) is 23.2 Å². The molecule has 0 amide bonds. The Morgan fingerprint density at radius 1 is 1.32 bits per heavy atom. The van der Waals surface area contributed by atoms with Gasteiger partial charge in [0.05, 0.1) is 12.2 Å². The molecule has 0 aliphatic carbocycles. The number of aryl methyl sites for hydroxylation is 2. The molecule has 1 saturated heterocycles. The second kappa shape index (κ2) is 10.3. The van der Waals surface area contributed by atoms with Crippen LogP contribution in [0.3, 0.4) is 0 Å². The molecule has 1 fully saturated rings. The molecule has 2 aromatic rings. The van der Waals surface area contributed by atoms with Gasteiger partial charge in [-0.15, -0.1) is 35.3 Å². The Kier molecular flexibility index (Phi) is 8.41. The smallest absolute Gasteiger partial charge is 0.191 e. The third-order valence-electron chi connectivity index (χ3n) is 4.57. The second-order valence-corrected chi connectivity index (χ2v) is 7.88. The molecule has 28 heavy (non-hydrogen) atoms. The molecule has 1 aliphatic heterocycles. The molecule has 154 valence electrons. The highest BCUT2D eigenvalue weighted by atomic mass is 127. The summed E-state index contributed by atoms with van der Waals surface area (Å²) < 4.78 is 28.0. The number of guanidine groups is 1. The van der Waals surface area contributed by atoms with Crippen LogP contribution in [0.25, 0.3) is 0 Å². The van der Waals surface area contributed by atoms with Crippen LogP contribution in [-0.2, 0) is 6.54 Å². The number of benzene rings is 1. The van der Waals surface area contributed by atoms with E-state index in [1.54, 1.807) is 16.2 Å². The molecular weight excluding hydrogens is 495 g/mol. The van der Waals surface area contributed by atoms with Gasteiger partial charge in [-0.2, -0.15) is 0 Å². The first kappa shape index (κ1) is 22.8. The van der Waals surface area contributed by atoms with Crippen molar-refractivity contribution in [2.45, 2.75) is 39.8 Å². The number of nitrogens with one attached hydrogen (secondary N) is 2. The Morgan fingerprint density at radius 2 is 2.04 bits per heavy atom. The second-order valence-electron chi connectivity index (χ2n) is 6.59. The normalized spacial score (nSPS) is 16.8. The molecule has 1 aromatic heterocycles. The first-order valence-corrected chi connectivity index (χ1v) is 9.96. The average molecular weight is 521 g/mol. The first-order valence-electron chi connectivity index (χ1n) is 9.14. The van der Waals surface area contributed by atoms with Crippen molar-refractivity contribution in [1.29, 1.82) is 0 Å². The lowest BCUT2D eigenvalue weighted by Gasteiger charge is -2.21. The number of hydrogen-bond acceptors (Lipinski definition) is 4. The lowest BCUT2D eigenvalue weighted by atomic mass is 10.2. The maximum absolute atomic E-state index is 14.0. The number of nitrogens with zero attached hydrogens (tertiary/aromatic N) is 3. The summed E-state index contributed by atoms with van der Waals surface area (Å²) in [6.07, 6.45) is 0.785. The monoisotopic (exact) mass is 521 g/mol. The fraction of sp³-hybridized carbons (Fsp3) is 0.474. The maximum Gasteiger partial charge on any atom is 0.191 e. The number of thiazole rings is 1. The summed E-state index contributed by atoms with van der Waals surface area (Å²) in [6.45, 7) is 8.42. The van der Waals surface area contributed by atoms with Gasteiger partial charge in [0, 0.05) is 30.6 Å². The van der Waals surface area contributed by atoms with Gasteiger partial charge >= 0.3 is 0 Å². The van der Waals surface area contributed by atoms with Crippen molar-refractivity contribution in [3.05, 3.63) is 45.4 Å². The van der Waals surface area contributed by atoms with Gasteiger partial charge in [0.25, 0.3) is 0 Å². The lowest BCUT2D eigenvalue weighted by molar-refractivity contribution is 0.576. The van der Waals surface area contributed by atoms with Crippen molar-refractivity contribution < 1.29 is 8.78 Å². The molecule has 2 N–H and O–H groups in total. The van der Waals surface area contributed by atoms with E-state index < -0.39 is 11.6 Å². The molecule has 1 unspecified atom stereocenters. The van der Waals surface area contributed by atoms with Crippen LogP contribution in [0, 0.1) is 25.5 Å². The Bertz CT molecular complexity index is 787. The summed E-state index contributed by atoms with van der Waals surface area (Å²) >= 11 is 1.65. The SMILES string of the molecule is CCNC(=NCc1nc(C)c(C)s1)NC1CCN(c2c(F)cccc2F)C1.I. The van der Waals surface area contributed by atoms with Gasteiger partial charge in [-0.1, -0.05) is 6.07 Å². The number of aromatic nitrogens is 1. The van der Waals surface area contributed by atoms with Gasteiger partial charge in [0.15, 0.2) is 5.96 Å². The van der Waals surface area contributed by atoms with E-state index in [1.165, 1.54) is 23.1 Å². The third kappa shape index (κ3) is 5.53. The Balaban J connectivity index is 0.00000280. The minimum absolute atomic E-state index is 0. The highest BCUT2D eigenvalue weighted by Crippen LogP contribution is 2.26. The molecule has 2 heterocycles. The molecule has 0 bridgehead atoms.